The summed E-state index contributed by atoms with van der Waals surface area (Å²) in [4.78, 5) is 18.0. The third kappa shape index (κ3) is 4.49. The first-order chi connectivity index (χ1) is 14.0. The van der Waals surface area contributed by atoms with Crippen LogP contribution >= 0.6 is 27.3 Å². The molecule has 1 atom stereocenters. The molecule has 0 aliphatic carbocycles. The molecule has 2 N–H and O–H groups in total. The maximum absolute atomic E-state index is 12.8. The zero-order valence-electron chi connectivity index (χ0n) is 16.1. The van der Waals surface area contributed by atoms with E-state index in [1.54, 1.807) is 0 Å². The molecule has 0 unspecified atom stereocenters. The maximum atomic E-state index is 12.8. The highest BCUT2D eigenvalue weighted by Crippen LogP contribution is 2.27. The fourth-order valence-corrected chi connectivity index (χ4v) is 4.29. The SMILES string of the molecule is Cc1nc(Nc2ccc(Br)cc2)sc1C(=O)N[C@H](C)c1ccc2ccccc2c1. The van der Waals surface area contributed by atoms with Crippen molar-refractivity contribution in [2.24, 2.45) is 0 Å². The van der Waals surface area contributed by atoms with Crippen LogP contribution in [0.15, 0.2) is 71.2 Å². The minimum Gasteiger partial charge on any atom is -0.345 e. The molecular formula is C23H20BrN3OS. The van der Waals surface area contributed by atoms with Gasteiger partial charge in [-0.05, 0) is 60.5 Å². The number of aromatic nitrogens is 1. The normalized spacial score (nSPS) is 12.0. The van der Waals surface area contributed by atoms with Crippen LogP contribution in [0.2, 0.25) is 0 Å². The van der Waals surface area contributed by atoms with E-state index in [2.05, 4.69) is 61.9 Å². The molecule has 1 heterocycles. The number of halogens is 1. The lowest BCUT2D eigenvalue weighted by Gasteiger charge is -2.14. The lowest BCUT2D eigenvalue weighted by atomic mass is 10.0. The van der Waals surface area contributed by atoms with Crippen molar-refractivity contribution < 1.29 is 4.79 Å². The van der Waals surface area contributed by atoms with Crippen molar-refractivity contribution >= 4 is 54.8 Å². The quantitative estimate of drug-likeness (QED) is 0.348. The Kier molecular flexibility index (Phi) is 5.65. The molecule has 0 fully saturated rings. The van der Waals surface area contributed by atoms with Gasteiger partial charge in [-0.3, -0.25) is 4.79 Å². The largest absolute Gasteiger partial charge is 0.345 e. The number of hydrogen-bond acceptors (Lipinski definition) is 4. The monoisotopic (exact) mass is 465 g/mol. The second-order valence-corrected chi connectivity index (χ2v) is 8.78. The highest BCUT2D eigenvalue weighted by Gasteiger charge is 2.18. The Morgan fingerprint density at radius 3 is 2.52 bits per heavy atom. The first-order valence-corrected chi connectivity index (χ1v) is 10.9. The van der Waals surface area contributed by atoms with Crippen LogP contribution in [0.4, 0.5) is 10.8 Å². The number of benzene rings is 3. The summed E-state index contributed by atoms with van der Waals surface area (Å²) in [7, 11) is 0. The molecule has 0 aliphatic rings. The second kappa shape index (κ2) is 8.35. The predicted molar refractivity (Wildman–Crippen MR) is 124 cm³/mol. The van der Waals surface area contributed by atoms with Crippen molar-refractivity contribution in [1.29, 1.82) is 0 Å². The molecule has 0 saturated heterocycles. The van der Waals surface area contributed by atoms with Crippen molar-refractivity contribution in [1.82, 2.24) is 10.3 Å². The minimum atomic E-state index is -0.107. The minimum absolute atomic E-state index is 0.100. The number of hydrogen-bond donors (Lipinski definition) is 2. The van der Waals surface area contributed by atoms with Gasteiger partial charge in [0.25, 0.3) is 5.91 Å². The van der Waals surface area contributed by atoms with Crippen LogP contribution in [0.3, 0.4) is 0 Å². The number of fused-ring (bicyclic) bond motifs is 1. The third-order valence-corrected chi connectivity index (χ3v) is 6.32. The van der Waals surface area contributed by atoms with Crippen LogP contribution in [0.5, 0.6) is 0 Å². The third-order valence-electron chi connectivity index (χ3n) is 4.72. The van der Waals surface area contributed by atoms with Crippen LogP contribution in [-0.2, 0) is 0 Å². The van der Waals surface area contributed by atoms with Gasteiger partial charge in [0.2, 0.25) is 0 Å². The number of nitrogens with zero attached hydrogens (tertiary/aromatic N) is 1. The van der Waals surface area contributed by atoms with Gasteiger partial charge in [0, 0.05) is 10.2 Å². The Bertz CT molecular complexity index is 1170. The predicted octanol–water partition coefficient (Wildman–Crippen LogP) is 6.60. The Hall–Kier alpha value is -2.70. The zero-order valence-corrected chi connectivity index (χ0v) is 18.5. The topological polar surface area (TPSA) is 54.0 Å². The van der Waals surface area contributed by atoms with Gasteiger partial charge in [0.15, 0.2) is 5.13 Å². The van der Waals surface area contributed by atoms with Crippen LogP contribution < -0.4 is 10.6 Å². The molecule has 1 amide bonds. The van der Waals surface area contributed by atoms with Crippen LogP contribution in [0.25, 0.3) is 10.8 Å². The summed E-state index contributed by atoms with van der Waals surface area (Å²) in [5.74, 6) is -0.107. The van der Waals surface area contributed by atoms with Gasteiger partial charge >= 0.3 is 0 Å². The van der Waals surface area contributed by atoms with Crippen molar-refractivity contribution in [3.63, 3.8) is 0 Å². The highest BCUT2D eigenvalue weighted by atomic mass is 79.9. The van der Waals surface area contributed by atoms with E-state index < -0.39 is 0 Å². The Balaban J connectivity index is 1.48. The molecule has 0 saturated carbocycles. The molecule has 1 aromatic heterocycles. The molecule has 4 aromatic rings. The number of rotatable bonds is 5. The van der Waals surface area contributed by atoms with Gasteiger partial charge in [0.1, 0.15) is 4.88 Å². The fraction of sp³-hybridized carbons (Fsp3) is 0.130. The maximum Gasteiger partial charge on any atom is 0.263 e. The van der Waals surface area contributed by atoms with Crippen LogP contribution in [0.1, 0.15) is 33.9 Å². The lowest BCUT2D eigenvalue weighted by Crippen LogP contribution is -2.26. The Morgan fingerprint density at radius 2 is 1.76 bits per heavy atom. The number of amides is 1. The van der Waals surface area contributed by atoms with Crippen molar-refractivity contribution in [3.05, 3.63) is 87.3 Å². The molecule has 0 spiro atoms. The number of anilines is 2. The summed E-state index contributed by atoms with van der Waals surface area (Å²) in [5, 5.41) is 9.42. The summed E-state index contributed by atoms with van der Waals surface area (Å²) < 4.78 is 1.01. The average Bonchev–Trinajstić information content (AvgIpc) is 3.09. The van der Waals surface area contributed by atoms with Gasteiger partial charge in [-0.25, -0.2) is 4.98 Å². The van der Waals surface area contributed by atoms with Gasteiger partial charge in [-0.1, -0.05) is 63.7 Å². The summed E-state index contributed by atoms with van der Waals surface area (Å²) >= 11 is 4.79. The summed E-state index contributed by atoms with van der Waals surface area (Å²) in [6.07, 6.45) is 0. The van der Waals surface area contributed by atoms with Gasteiger partial charge in [-0.2, -0.15) is 0 Å². The summed E-state index contributed by atoms with van der Waals surface area (Å²) in [5.41, 5.74) is 2.73. The molecule has 6 heteroatoms. The zero-order chi connectivity index (χ0) is 20.4. The van der Waals surface area contributed by atoms with E-state index in [1.807, 2.05) is 50.2 Å². The first-order valence-electron chi connectivity index (χ1n) is 9.29. The number of nitrogens with one attached hydrogen (secondary N) is 2. The number of thiazole rings is 1. The number of carbonyl (C=O) groups is 1. The van der Waals surface area contributed by atoms with Gasteiger partial charge < -0.3 is 10.6 Å². The van der Waals surface area contributed by atoms with E-state index in [-0.39, 0.29) is 11.9 Å². The van der Waals surface area contributed by atoms with E-state index in [1.165, 1.54) is 22.1 Å². The molecule has 4 rings (SSSR count). The summed E-state index contributed by atoms with van der Waals surface area (Å²) in [6.45, 7) is 3.86. The molecule has 0 bridgehead atoms. The second-order valence-electron chi connectivity index (χ2n) is 6.87. The molecule has 29 heavy (non-hydrogen) atoms. The number of aryl methyl sites for hydroxylation is 1. The van der Waals surface area contributed by atoms with Crippen molar-refractivity contribution in [2.75, 3.05) is 5.32 Å². The average molecular weight is 466 g/mol. The first kappa shape index (κ1) is 19.6. The highest BCUT2D eigenvalue weighted by molar-refractivity contribution is 9.10. The van der Waals surface area contributed by atoms with Crippen molar-refractivity contribution in [3.8, 4) is 0 Å². The molecule has 4 nitrogen and oxygen atoms in total. The van der Waals surface area contributed by atoms with E-state index in [0.29, 0.717) is 10.0 Å². The van der Waals surface area contributed by atoms with E-state index >= 15 is 0 Å². The van der Waals surface area contributed by atoms with Crippen molar-refractivity contribution in [2.45, 2.75) is 19.9 Å². The van der Waals surface area contributed by atoms with E-state index in [9.17, 15) is 4.79 Å². The Labute approximate surface area is 182 Å². The molecule has 146 valence electrons. The summed E-state index contributed by atoms with van der Waals surface area (Å²) in [6, 6.07) is 22.2. The van der Waals surface area contributed by atoms with E-state index in [0.717, 1.165) is 21.4 Å². The smallest absolute Gasteiger partial charge is 0.263 e. The molecule has 0 radical (unpaired) electrons. The number of carbonyl (C=O) groups excluding carboxylic acids is 1. The lowest BCUT2D eigenvalue weighted by molar-refractivity contribution is 0.0943. The van der Waals surface area contributed by atoms with E-state index in [4.69, 9.17) is 0 Å². The molecule has 0 aliphatic heterocycles. The van der Waals surface area contributed by atoms with Gasteiger partial charge in [-0.15, -0.1) is 0 Å². The fourth-order valence-electron chi connectivity index (χ4n) is 3.14. The van der Waals surface area contributed by atoms with Crippen LogP contribution in [-0.4, -0.2) is 10.9 Å². The van der Waals surface area contributed by atoms with Gasteiger partial charge in [0.05, 0.1) is 11.7 Å². The Morgan fingerprint density at radius 1 is 1.03 bits per heavy atom. The van der Waals surface area contributed by atoms with Crippen LogP contribution in [0, 0.1) is 6.92 Å². The molecular weight excluding hydrogens is 446 g/mol. The standard InChI is InChI=1S/C23H20BrN3OS/c1-14(17-8-7-16-5-3-4-6-18(16)13-17)25-22(28)21-15(2)26-23(29-21)27-20-11-9-19(24)10-12-20/h3-14H,1-2H3,(H,25,28)(H,26,27)/t14-/m1/s1. The molecule has 3 aromatic carbocycles.